The molecular formula is C22H20N6O2. The lowest BCUT2D eigenvalue weighted by Crippen LogP contribution is -2.20. The van der Waals surface area contributed by atoms with Crippen LogP contribution in [0.1, 0.15) is 11.3 Å². The van der Waals surface area contributed by atoms with E-state index in [4.69, 9.17) is 5.73 Å². The number of nitriles is 1. The van der Waals surface area contributed by atoms with Crippen LogP contribution in [0.3, 0.4) is 0 Å². The molecule has 150 valence electrons. The van der Waals surface area contributed by atoms with Crippen LogP contribution in [0.25, 0.3) is 11.3 Å². The van der Waals surface area contributed by atoms with Crippen molar-refractivity contribution >= 4 is 23.4 Å². The van der Waals surface area contributed by atoms with Crippen molar-refractivity contribution in [2.24, 2.45) is 17.9 Å². The maximum Gasteiger partial charge on any atom is 0.296 e. The molecule has 0 saturated carbocycles. The van der Waals surface area contributed by atoms with E-state index in [1.54, 1.807) is 42.9 Å². The van der Waals surface area contributed by atoms with E-state index in [1.807, 2.05) is 42.5 Å². The number of hydrazone groups is 1. The summed E-state index contributed by atoms with van der Waals surface area (Å²) < 4.78 is 3.23. The lowest BCUT2D eigenvalue weighted by molar-refractivity contribution is -0.114. The zero-order chi connectivity index (χ0) is 21.7. The largest absolute Gasteiger partial charge is 0.365 e. The second-order valence-corrected chi connectivity index (χ2v) is 6.44. The molecule has 0 radical (unpaired) electrons. The van der Waals surface area contributed by atoms with Gasteiger partial charge < -0.3 is 5.73 Å². The van der Waals surface area contributed by atoms with E-state index in [-0.39, 0.29) is 22.4 Å². The maximum absolute atomic E-state index is 12.9. The molecule has 0 saturated heterocycles. The molecule has 0 spiro atoms. The number of carbonyl (C=O) groups excluding carboxylic acids is 1. The van der Waals surface area contributed by atoms with Crippen molar-refractivity contribution in [2.45, 2.75) is 6.92 Å². The van der Waals surface area contributed by atoms with Crippen LogP contribution in [-0.2, 0) is 11.8 Å². The predicted molar refractivity (Wildman–Crippen MR) is 116 cm³/mol. The summed E-state index contributed by atoms with van der Waals surface area (Å²) in [5.74, 6) is -0.856. The summed E-state index contributed by atoms with van der Waals surface area (Å²) in [6.45, 7) is 1.79. The molecular weight excluding hydrogens is 380 g/mol. The summed E-state index contributed by atoms with van der Waals surface area (Å²) in [5, 5.41) is 13.5. The Bertz CT molecular complexity index is 1230. The number of hydrogen-bond donors (Lipinski definition) is 2. The van der Waals surface area contributed by atoms with Gasteiger partial charge in [-0.05, 0) is 24.6 Å². The molecule has 3 aromatic rings. The number of amides is 1. The van der Waals surface area contributed by atoms with Crippen molar-refractivity contribution in [3.63, 3.8) is 0 Å². The molecule has 0 atom stereocenters. The Morgan fingerprint density at radius 3 is 2.30 bits per heavy atom. The van der Waals surface area contributed by atoms with Crippen LogP contribution in [0.2, 0.25) is 0 Å². The Labute approximate surface area is 173 Å². The lowest BCUT2D eigenvalue weighted by atomic mass is 10.0. The summed E-state index contributed by atoms with van der Waals surface area (Å²) in [7, 11) is 1.77. The van der Waals surface area contributed by atoms with Gasteiger partial charge in [0, 0.05) is 12.6 Å². The van der Waals surface area contributed by atoms with Crippen LogP contribution >= 0.6 is 0 Å². The molecule has 1 aromatic heterocycles. The Morgan fingerprint density at radius 2 is 1.73 bits per heavy atom. The zero-order valence-corrected chi connectivity index (χ0v) is 16.5. The van der Waals surface area contributed by atoms with E-state index >= 15 is 0 Å². The van der Waals surface area contributed by atoms with Gasteiger partial charge in [0.1, 0.15) is 17.3 Å². The second-order valence-electron chi connectivity index (χ2n) is 6.44. The number of nitrogens with zero attached hydrogens (tertiary/aromatic N) is 4. The number of aromatic nitrogens is 2. The molecule has 2 aromatic carbocycles. The molecule has 0 unspecified atom stereocenters. The molecule has 0 aliphatic carbocycles. The van der Waals surface area contributed by atoms with E-state index < -0.39 is 5.91 Å². The average molecular weight is 400 g/mol. The van der Waals surface area contributed by atoms with Gasteiger partial charge in [-0.1, -0.05) is 48.5 Å². The molecule has 3 N–H and O–H groups in total. The molecule has 0 fully saturated rings. The maximum atomic E-state index is 12.9. The molecule has 8 heteroatoms. The third-order valence-electron chi connectivity index (χ3n) is 4.64. The first kappa shape index (κ1) is 20.4. The summed E-state index contributed by atoms with van der Waals surface area (Å²) in [6, 6.07) is 19.9. The van der Waals surface area contributed by atoms with Gasteiger partial charge in [0.05, 0.1) is 17.6 Å². The average Bonchev–Trinajstić information content (AvgIpc) is 2.97. The first-order valence-corrected chi connectivity index (χ1v) is 9.08. The minimum absolute atomic E-state index is 0.224. The first-order valence-electron chi connectivity index (χ1n) is 9.08. The smallest absolute Gasteiger partial charge is 0.296 e. The highest BCUT2D eigenvalue weighted by molar-refractivity contribution is 6.20. The molecule has 0 aliphatic rings. The zero-order valence-electron chi connectivity index (χ0n) is 16.5. The quantitative estimate of drug-likeness (QED) is 0.286. The fourth-order valence-corrected chi connectivity index (χ4v) is 3.01. The Balaban J connectivity index is 2.01. The number of rotatable bonds is 6. The van der Waals surface area contributed by atoms with E-state index in [0.29, 0.717) is 11.3 Å². The Kier molecular flexibility index (Phi) is 5.94. The fourth-order valence-electron chi connectivity index (χ4n) is 3.01. The molecule has 0 aliphatic heterocycles. The van der Waals surface area contributed by atoms with Crippen LogP contribution in [0.4, 0.5) is 5.69 Å². The van der Waals surface area contributed by atoms with Crippen molar-refractivity contribution in [3.8, 4) is 11.8 Å². The Hall–Kier alpha value is -4.38. The number of para-hydroxylation sites is 1. The van der Waals surface area contributed by atoms with Crippen molar-refractivity contribution in [3.05, 3.63) is 87.8 Å². The molecule has 3 rings (SSSR count). The highest BCUT2D eigenvalue weighted by Crippen LogP contribution is 2.18. The van der Waals surface area contributed by atoms with Gasteiger partial charge in [-0.25, -0.2) is 4.68 Å². The van der Waals surface area contributed by atoms with Gasteiger partial charge in [0.15, 0.2) is 0 Å². The van der Waals surface area contributed by atoms with Crippen molar-refractivity contribution in [2.75, 3.05) is 5.43 Å². The number of nitrogens with one attached hydrogen (secondary N) is 1. The van der Waals surface area contributed by atoms with Crippen molar-refractivity contribution in [1.29, 1.82) is 5.26 Å². The normalized spacial score (nSPS) is 11.8. The van der Waals surface area contributed by atoms with Gasteiger partial charge in [-0.3, -0.25) is 19.7 Å². The van der Waals surface area contributed by atoms with Gasteiger partial charge in [-0.15, -0.1) is 0 Å². The third kappa shape index (κ3) is 3.91. The van der Waals surface area contributed by atoms with Crippen molar-refractivity contribution in [1.82, 2.24) is 9.36 Å². The van der Waals surface area contributed by atoms with E-state index in [2.05, 4.69) is 10.5 Å². The lowest BCUT2D eigenvalue weighted by Gasteiger charge is -2.07. The van der Waals surface area contributed by atoms with Crippen LogP contribution in [0.15, 0.2) is 76.1 Å². The number of hydrogen-bond acceptors (Lipinski definition) is 5. The first-order chi connectivity index (χ1) is 14.5. The molecule has 1 heterocycles. The van der Waals surface area contributed by atoms with E-state index in [0.717, 1.165) is 5.69 Å². The van der Waals surface area contributed by atoms with Crippen LogP contribution < -0.4 is 16.7 Å². The number of carbonyl (C=O) groups is 1. The molecule has 30 heavy (non-hydrogen) atoms. The highest BCUT2D eigenvalue weighted by atomic mass is 16.1. The van der Waals surface area contributed by atoms with Gasteiger partial charge in [0.2, 0.25) is 0 Å². The number of primary amides is 1. The Morgan fingerprint density at radius 1 is 1.13 bits per heavy atom. The standard InChI is InChI=1S/C22H20N6O2/c1-15-20(22(30)28(27(15)2)17-11-7-4-8-12-17)26-25-14-19(18(13-23)21(24)29)16-9-5-3-6-10-16/h3-12,14,26H,1-2H3,(H2,24,29)/b19-18+,25-14+. The SMILES string of the molecule is Cc1c(N/N=C/C(=C(/C#N)C(N)=O)c2ccccc2)c(=O)n(-c2ccccc2)n1C. The van der Waals surface area contributed by atoms with Crippen LogP contribution in [0, 0.1) is 18.3 Å². The monoisotopic (exact) mass is 400 g/mol. The van der Waals surface area contributed by atoms with Crippen LogP contribution in [0.5, 0.6) is 0 Å². The third-order valence-corrected chi connectivity index (χ3v) is 4.64. The molecule has 0 bridgehead atoms. The van der Waals surface area contributed by atoms with Crippen LogP contribution in [-0.4, -0.2) is 21.5 Å². The predicted octanol–water partition coefficient (Wildman–Crippen LogP) is 2.34. The number of anilines is 1. The second kappa shape index (κ2) is 8.75. The summed E-state index contributed by atoms with van der Waals surface area (Å²) in [4.78, 5) is 24.6. The van der Waals surface area contributed by atoms with Gasteiger partial charge in [-0.2, -0.15) is 10.4 Å². The van der Waals surface area contributed by atoms with Crippen molar-refractivity contribution < 1.29 is 4.79 Å². The van der Waals surface area contributed by atoms with E-state index in [1.165, 1.54) is 10.9 Å². The molecule has 8 nitrogen and oxygen atoms in total. The minimum Gasteiger partial charge on any atom is -0.365 e. The number of nitrogens with two attached hydrogens (primary N) is 1. The number of allylic oxidation sites excluding steroid dienone is 1. The van der Waals surface area contributed by atoms with Gasteiger partial charge in [0.25, 0.3) is 11.5 Å². The summed E-state index contributed by atoms with van der Waals surface area (Å²) in [5.41, 5.74) is 10.1. The van der Waals surface area contributed by atoms with E-state index in [9.17, 15) is 14.9 Å². The fraction of sp³-hybridized carbons (Fsp3) is 0.0909. The molecule has 1 amide bonds. The highest BCUT2D eigenvalue weighted by Gasteiger charge is 2.16. The summed E-state index contributed by atoms with van der Waals surface area (Å²) >= 11 is 0. The topological polar surface area (TPSA) is 118 Å². The number of benzene rings is 2. The summed E-state index contributed by atoms with van der Waals surface area (Å²) in [6.07, 6.45) is 1.32. The van der Waals surface area contributed by atoms with Gasteiger partial charge >= 0.3 is 0 Å². The minimum atomic E-state index is -0.856.